The summed E-state index contributed by atoms with van der Waals surface area (Å²) < 4.78 is 2.18. The number of rotatable bonds is 3. The first kappa shape index (κ1) is 18.3. The summed E-state index contributed by atoms with van der Waals surface area (Å²) in [6.07, 6.45) is 3.99. The van der Waals surface area contributed by atoms with Crippen molar-refractivity contribution in [3.63, 3.8) is 0 Å². The van der Waals surface area contributed by atoms with Gasteiger partial charge in [-0.05, 0) is 25.5 Å². The van der Waals surface area contributed by atoms with Crippen molar-refractivity contribution in [2.24, 2.45) is 0 Å². The monoisotopic (exact) mass is 434 g/mol. The Morgan fingerprint density at radius 1 is 1.08 bits per heavy atom. The molecule has 3 rings (SSSR count). The highest BCUT2D eigenvalue weighted by atomic mass is 127. The van der Waals surface area contributed by atoms with Crippen LogP contribution in [0.15, 0.2) is 54.6 Å². The fraction of sp³-hybridized carbons (Fsp3) is 0.211. The van der Waals surface area contributed by atoms with Gasteiger partial charge in [-0.15, -0.1) is 0 Å². The van der Waals surface area contributed by atoms with Crippen molar-refractivity contribution in [2.75, 3.05) is 7.05 Å². The Morgan fingerprint density at radius 3 is 2.46 bits per heavy atom. The predicted molar refractivity (Wildman–Crippen MR) is 92.4 cm³/mol. The van der Waals surface area contributed by atoms with Crippen LogP contribution < -0.4 is 24.0 Å². The Kier molecular flexibility index (Phi) is 5.22. The number of benzene rings is 2. The minimum absolute atomic E-state index is 0. The molecule has 0 saturated carbocycles. The van der Waals surface area contributed by atoms with Gasteiger partial charge in [-0.25, -0.2) is 0 Å². The molecule has 0 amide bonds. The van der Waals surface area contributed by atoms with Crippen molar-refractivity contribution in [3.05, 3.63) is 75.8 Å². The molecule has 124 valence electrons. The Bertz CT molecular complexity index is 854. The van der Waals surface area contributed by atoms with Gasteiger partial charge in [0.25, 0.3) is 5.69 Å². The van der Waals surface area contributed by atoms with E-state index in [2.05, 4.69) is 49.7 Å². The molecule has 2 aromatic rings. The van der Waals surface area contributed by atoms with Crippen molar-refractivity contribution in [2.45, 2.75) is 19.3 Å². The maximum absolute atomic E-state index is 10.9. The number of fused-ring (bicyclic) bond motifs is 1. The zero-order valence-electron chi connectivity index (χ0n) is 13.9. The van der Waals surface area contributed by atoms with Gasteiger partial charge in [-0.2, -0.15) is 4.58 Å². The van der Waals surface area contributed by atoms with Crippen molar-refractivity contribution >= 4 is 23.2 Å². The van der Waals surface area contributed by atoms with Crippen molar-refractivity contribution in [1.29, 1.82) is 0 Å². The SMILES string of the molecule is C[N+]1=C(C=Cc2cccc([N+](=O)[O-])c2)C(C)(C)c2ccccc21.[I-]. The maximum atomic E-state index is 10.9. The van der Waals surface area contributed by atoms with Crippen LogP contribution in [-0.2, 0) is 5.41 Å². The number of hydrogen-bond acceptors (Lipinski definition) is 2. The van der Waals surface area contributed by atoms with E-state index in [1.54, 1.807) is 12.1 Å². The summed E-state index contributed by atoms with van der Waals surface area (Å²) in [4.78, 5) is 10.5. The van der Waals surface area contributed by atoms with E-state index in [0.717, 1.165) is 5.56 Å². The zero-order chi connectivity index (χ0) is 16.6. The molecular weight excluding hydrogens is 415 g/mol. The highest BCUT2D eigenvalue weighted by Gasteiger charge is 2.42. The Labute approximate surface area is 158 Å². The Hall–Kier alpha value is -2.02. The summed E-state index contributed by atoms with van der Waals surface area (Å²) in [5.41, 5.74) is 4.51. The third-order valence-corrected chi connectivity index (χ3v) is 4.46. The van der Waals surface area contributed by atoms with Crippen LogP contribution in [-0.4, -0.2) is 22.3 Å². The summed E-state index contributed by atoms with van der Waals surface area (Å²) >= 11 is 0. The second kappa shape index (κ2) is 6.84. The van der Waals surface area contributed by atoms with Crippen LogP contribution in [0, 0.1) is 10.1 Å². The van der Waals surface area contributed by atoms with Crippen LogP contribution in [0.25, 0.3) is 6.08 Å². The smallest absolute Gasteiger partial charge is 0.270 e. The first-order chi connectivity index (χ1) is 10.9. The number of nitro benzene ring substituents is 1. The van der Waals surface area contributed by atoms with Gasteiger partial charge < -0.3 is 24.0 Å². The fourth-order valence-electron chi connectivity index (χ4n) is 3.22. The number of hydrogen-bond donors (Lipinski definition) is 0. The topological polar surface area (TPSA) is 46.1 Å². The average molecular weight is 434 g/mol. The van der Waals surface area contributed by atoms with Crippen LogP contribution in [0.5, 0.6) is 0 Å². The number of nitro groups is 1. The molecular formula is C19H19IN2O2. The van der Waals surface area contributed by atoms with E-state index in [0.29, 0.717) is 0 Å². The van der Waals surface area contributed by atoms with E-state index < -0.39 is 0 Å². The van der Waals surface area contributed by atoms with Gasteiger partial charge in [0.05, 0.1) is 10.3 Å². The quantitative estimate of drug-likeness (QED) is 0.317. The van der Waals surface area contributed by atoms with E-state index in [1.807, 2.05) is 18.2 Å². The maximum Gasteiger partial charge on any atom is 0.270 e. The van der Waals surface area contributed by atoms with Crippen molar-refractivity contribution in [1.82, 2.24) is 0 Å². The number of non-ortho nitro benzene ring substituents is 1. The third kappa shape index (κ3) is 3.13. The first-order valence-electron chi connectivity index (χ1n) is 7.54. The molecule has 0 aromatic heterocycles. The lowest BCUT2D eigenvalue weighted by Gasteiger charge is -2.15. The Balaban J connectivity index is 0.00000208. The van der Waals surface area contributed by atoms with Crippen molar-refractivity contribution in [3.8, 4) is 0 Å². The molecule has 0 N–H and O–H groups in total. The molecule has 0 atom stereocenters. The molecule has 5 heteroatoms. The minimum atomic E-state index is -0.369. The lowest BCUT2D eigenvalue weighted by molar-refractivity contribution is -0.401. The van der Waals surface area contributed by atoms with Gasteiger partial charge in [-0.1, -0.05) is 30.3 Å². The number of allylic oxidation sites excluding steroid dienone is 1. The number of nitrogens with zero attached hydrogens (tertiary/aromatic N) is 2. The standard InChI is InChI=1S/C19H19N2O2.HI/c1-19(2)16-9-4-5-10-17(16)20(3)18(19)12-11-14-7-6-8-15(13-14)21(22)23;/h4-13H,1-3H3;1H/q+1;/p-1. The van der Waals surface area contributed by atoms with Crippen LogP contribution in [0.1, 0.15) is 25.0 Å². The predicted octanol–water partition coefficient (Wildman–Crippen LogP) is 1.32. The highest BCUT2D eigenvalue weighted by molar-refractivity contribution is 6.05. The van der Waals surface area contributed by atoms with Crippen LogP contribution in [0.3, 0.4) is 0 Å². The van der Waals surface area contributed by atoms with E-state index in [4.69, 9.17) is 0 Å². The van der Waals surface area contributed by atoms with E-state index in [9.17, 15) is 10.1 Å². The summed E-state index contributed by atoms with van der Waals surface area (Å²) in [5, 5.41) is 10.9. The molecule has 2 aromatic carbocycles. The summed E-state index contributed by atoms with van der Waals surface area (Å²) in [6, 6.07) is 15.0. The molecule has 24 heavy (non-hydrogen) atoms. The lowest BCUT2D eigenvalue weighted by Crippen LogP contribution is -3.00. The average Bonchev–Trinajstić information content (AvgIpc) is 2.73. The van der Waals surface area contributed by atoms with E-state index in [1.165, 1.54) is 23.0 Å². The van der Waals surface area contributed by atoms with E-state index >= 15 is 0 Å². The summed E-state index contributed by atoms with van der Waals surface area (Å²) in [6.45, 7) is 4.39. The highest BCUT2D eigenvalue weighted by Crippen LogP contribution is 2.39. The van der Waals surface area contributed by atoms with Crippen LogP contribution in [0.2, 0.25) is 0 Å². The Morgan fingerprint density at radius 2 is 1.79 bits per heavy atom. The first-order valence-corrected chi connectivity index (χ1v) is 7.54. The number of halogens is 1. The molecule has 0 unspecified atom stereocenters. The fourth-order valence-corrected chi connectivity index (χ4v) is 3.22. The van der Waals surface area contributed by atoms with Crippen LogP contribution >= 0.6 is 0 Å². The molecule has 1 aliphatic rings. The van der Waals surface area contributed by atoms with Crippen molar-refractivity contribution < 1.29 is 33.5 Å². The molecule has 0 aliphatic carbocycles. The molecule has 0 spiro atoms. The van der Waals surface area contributed by atoms with Gasteiger partial charge in [0, 0.05) is 29.8 Å². The van der Waals surface area contributed by atoms with Gasteiger partial charge in [-0.3, -0.25) is 10.1 Å². The largest absolute Gasteiger partial charge is 1.00 e. The van der Waals surface area contributed by atoms with Gasteiger partial charge >= 0.3 is 0 Å². The molecule has 0 fully saturated rings. The van der Waals surface area contributed by atoms with Crippen LogP contribution in [0.4, 0.5) is 11.4 Å². The second-order valence-electron chi connectivity index (χ2n) is 6.27. The minimum Gasteiger partial charge on any atom is -1.00 e. The lowest BCUT2D eigenvalue weighted by atomic mass is 9.81. The molecule has 1 heterocycles. The zero-order valence-corrected chi connectivity index (χ0v) is 16.0. The molecule has 0 saturated heterocycles. The molecule has 4 nitrogen and oxygen atoms in total. The number of para-hydroxylation sites is 1. The molecule has 1 aliphatic heterocycles. The van der Waals surface area contributed by atoms with Gasteiger partial charge in [0.15, 0.2) is 5.71 Å². The van der Waals surface area contributed by atoms with Gasteiger partial charge in [0.2, 0.25) is 5.69 Å². The normalized spacial score (nSPS) is 15.3. The van der Waals surface area contributed by atoms with Gasteiger partial charge in [0.1, 0.15) is 7.05 Å². The summed E-state index contributed by atoms with van der Waals surface area (Å²) in [7, 11) is 2.06. The molecule has 0 radical (unpaired) electrons. The second-order valence-corrected chi connectivity index (χ2v) is 6.27. The third-order valence-electron chi connectivity index (χ3n) is 4.46. The van der Waals surface area contributed by atoms with E-state index in [-0.39, 0.29) is 40.0 Å². The molecule has 0 bridgehead atoms. The summed E-state index contributed by atoms with van der Waals surface area (Å²) in [5.74, 6) is 0.